The first kappa shape index (κ1) is 15.0. The molecule has 1 heterocycles. The predicted octanol–water partition coefficient (Wildman–Crippen LogP) is 1.86. The Kier molecular flexibility index (Phi) is 4.45. The number of nitrogens with two attached hydrogens (primary N) is 1. The molecule has 0 aliphatic carbocycles. The van der Waals surface area contributed by atoms with E-state index in [0.29, 0.717) is 13.2 Å². The number of amides is 1. The van der Waals surface area contributed by atoms with Crippen LogP contribution in [-0.2, 0) is 9.53 Å². The Morgan fingerprint density at radius 2 is 1.95 bits per heavy atom. The Hall–Kier alpha value is -1.39. The molecule has 1 aromatic carbocycles. The van der Waals surface area contributed by atoms with Gasteiger partial charge in [-0.05, 0) is 11.0 Å². The highest BCUT2D eigenvalue weighted by Crippen LogP contribution is 2.33. The van der Waals surface area contributed by atoms with Crippen LogP contribution < -0.4 is 11.1 Å². The van der Waals surface area contributed by atoms with Gasteiger partial charge < -0.3 is 15.8 Å². The van der Waals surface area contributed by atoms with Crippen LogP contribution in [0.5, 0.6) is 0 Å². The largest absolute Gasteiger partial charge is 0.379 e. The predicted molar refractivity (Wildman–Crippen MR) is 79.1 cm³/mol. The third-order valence-electron chi connectivity index (χ3n) is 3.75. The molecule has 0 spiro atoms. The molecule has 0 saturated carbocycles. The highest BCUT2D eigenvalue weighted by Gasteiger charge is 2.35. The molecule has 3 atom stereocenters. The molecule has 3 N–H and O–H groups in total. The van der Waals surface area contributed by atoms with E-state index in [1.165, 1.54) is 0 Å². The van der Waals surface area contributed by atoms with Gasteiger partial charge in [0.15, 0.2) is 0 Å². The zero-order valence-electron chi connectivity index (χ0n) is 12.4. The highest BCUT2D eigenvalue weighted by molar-refractivity contribution is 5.80. The van der Waals surface area contributed by atoms with Crippen LogP contribution in [0.15, 0.2) is 30.3 Å². The standard InChI is InChI=1S/C16H24N2O2/c1-16(2,3)14(11-7-5-4-6-8-11)18-15(19)12-9-20-10-13(12)17/h4-8,12-14H,9-10,17H2,1-3H3,(H,18,19). The third-order valence-corrected chi connectivity index (χ3v) is 3.75. The molecule has 1 fully saturated rings. The molecular formula is C16H24N2O2. The summed E-state index contributed by atoms with van der Waals surface area (Å²) in [6.07, 6.45) is 0. The normalized spacial score (nSPS) is 24.4. The first-order chi connectivity index (χ1) is 9.39. The number of benzene rings is 1. The van der Waals surface area contributed by atoms with Gasteiger partial charge >= 0.3 is 0 Å². The lowest BCUT2D eigenvalue weighted by Crippen LogP contribution is -2.45. The van der Waals surface area contributed by atoms with Crippen molar-refractivity contribution in [1.82, 2.24) is 5.32 Å². The van der Waals surface area contributed by atoms with Crippen molar-refractivity contribution in [2.75, 3.05) is 13.2 Å². The monoisotopic (exact) mass is 276 g/mol. The molecule has 1 aromatic rings. The minimum Gasteiger partial charge on any atom is -0.379 e. The van der Waals surface area contributed by atoms with Crippen LogP contribution in [0.3, 0.4) is 0 Å². The molecule has 0 radical (unpaired) electrons. The number of hydrogen-bond acceptors (Lipinski definition) is 3. The summed E-state index contributed by atoms with van der Waals surface area (Å²) >= 11 is 0. The maximum absolute atomic E-state index is 12.4. The number of ether oxygens (including phenoxy) is 1. The maximum Gasteiger partial charge on any atom is 0.227 e. The lowest BCUT2D eigenvalue weighted by Gasteiger charge is -2.33. The summed E-state index contributed by atoms with van der Waals surface area (Å²) in [5, 5.41) is 3.15. The quantitative estimate of drug-likeness (QED) is 0.885. The van der Waals surface area contributed by atoms with E-state index in [-0.39, 0.29) is 29.3 Å². The van der Waals surface area contributed by atoms with Gasteiger partial charge in [-0.25, -0.2) is 0 Å². The van der Waals surface area contributed by atoms with E-state index >= 15 is 0 Å². The highest BCUT2D eigenvalue weighted by atomic mass is 16.5. The summed E-state index contributed by atoms with van der Waals surface area (Å²) in [7, 11) is 0. The first-order valence-electron chi connectivity index (χ1n) is 7.08. The van der Waals surface area contributed by atoms with Crippen molar-refractivity contribution in [2.45, 2.75) is 32.9 Å². The van der Waals surface area contributed by atoms with Crippen LogP contribution in [0.4, 0.5) is 0 Å². The van der Waals surface area contributed by atoms with Crippen molar-refractivity contribution < 1.29 is 9.53 Å². The summed E-state index contributed by atoms with van der Waals surface area (Å²) in [4.78, 5) is 12.4. The van der Waals surface area contributed by atoms with Gasteiger partial charge in [-0.15, -0.1) is 0 Å². The van der Waals surface area contributed by atoms with Gasteiger partial charge in [0.25, 0.3) is 0 Å². The fourth-order valence-electron chi connectivity index (χ4n) is 2.54. The van der Waals surface area contributed by atoms with E-state index in [1.54, 1.807) is 0 Å². The Morgan fingerprint density at radius 3 is 2.45 bits per heavy atom. The molecule has 0 bridgehead atoms. The van der Waals surface area contributed by atoms with Crippen molar-refractivity contribution in [1.29, 1.82) is 0 Å². The number of carbonyl (C=O) groups excluding carboxylic acids is 1. The zero-order valence-corrected chi connectivity index (χ0v) is 12.4. The molecule has 0 aromatic heterocycles. The van der Waals surface area contributed by atoms with Crippen molar-refractivity contribution in [3.63, 3.8) is 0 Å². The van der Waals surface area contributed by atoms with Crippen LogP contribution in [-0.4, -0.2) is 25.2 Å². The van der Waals surface area contributed by atoms with Crippen LogP contribution >= 0.6 is 0 Å². The van der Waals surface area contributed by atoms with E-state index in [1.807, 2.05) is 30.3 Å². The molecule has 1 aliphatic heterocycles. The Balaban J connectivity index is 2.15. The number of nitrogens with one attached hydrogen (secondary N) is 1. The van der Waals surface area contributed by atoms with E-state index in [9.17, 15) is 4.79 Å². The lowest BCUT2D eigenvalue weighted by atomic mass is 9.82. The van der Waals surface area contributed by atoms with Crippen molar-refractivity contribution in [3.8, 4) is 0 Å². The summed E-state index contributed by atoms with van der Waals surface area (Å²) in [6.45, 7) is 7.24. The molecule has 2 rings (SSSR count). The van der Waals surface area contributed by atoms with Crippen LogP contribution in [0.1, 0.15) is 32.4 Å². The summed E-state index contributed by atoms with van der Waals surface area (Å²) in [6, 6.07) is 9.80. The van der Waals surface area contributed by atoms with E-state index in [0.717, 1.165) is 5.56 Å². The second-order valence-corrected chi connectivity index (χ2v) is 6.53. The molecule has 1 amide bonds. The average Bonchev–Trinajstić information content (AvgIpc) is 2.82. The minimum atomic E-state index is -0.247. The Bertz CT molecular complexity index is 453. The molecule has 1 saturated heterocycles. The summed E-state index contributed by atoms with van der Waals surface area (Å²) in [5.74, 6) is -0.262. The van der Waals surface area contributed by atoms with Crippen LogP contribution in [0.25, 0.3) is 0 Å². The average molecular weight is 276 g/mol. The molecule has 4 heteroatoms. The zero-order chi connectivity index (χ0) is 14.8. The van der Waals surface area contributed by atoms with E-state index in [4.69, 9.17) is 10.5 Å². The molecule has 1 aliphatic rings. The fourth-order valence-corrected chi connectivity index (χ4v) is 2.54. The molecule has 110 valence electrons. The Labute approximate surface area is 120 Å². The topological polar surface area (TPSA) is 64.3 Å². The maximum atomic E-state index is 12.4. The van der Waals surface area contributed by atoms with Gasteiger partial charge in [-0.2, -0.15) is 0 Å². The fraction of sp³-hybridized carbons (Fsp3) is 0.562. The molecule has 20 heavy (non-hydrogen) atoms. The van der Waals surface area contributed by atoms with Gasteiger partial charge in [-0.1, -0.05) is 51.1 Å². The number of carbonyl (C=O) groups is 1. The summed E-state index contributed by atoms with van der Waals surface area (Å²) < 4.78 is 5.28. The third kappa shape index (κ3) is 3.38. The second-order valence-electron chi connectivity index (χ2n) is 6.53. The van der Waals surface area contributed by atoms with Crippen LogP contribution in [0, 0.1) is 11.3 Å². The van der Waals surface area contributed by atoms with Gasteiger partial charge in [0, 0.05) is 6.04 Å². The van der Waals surface area contributed by atoms with Gasteiger partial charge in [0.1, 0.15) is 0 Å². The van der Waals surface area contributed by atoms with Gasteiger partial charge in [0.2, 0.25) is 5.91 Å². The molecule has 3 unspecified atom stereocenters. The first-order valence-corrected chi connectivity index (χ1v) is 7.08. The van der Waals surface area contributed by atoms with E-state index in [2.05, 4.69) is 26.1 Å². The second kappa shape index (κ2) is 5.94. The molecular weight excluding hydrogens is 252 g/mol. The van der Waals surface area contributed by atoms with E-state index < -0.39 is 0 Å². The van der Waals surface area contributed by atoms with Crippen LogP contribution in [0.2, 0.25) is 0 Å². The minimum absolute atomic E-state index is 0.0150. The summed E-state index contributed by atoms with van der Waals surface area (Å²) in [5.41, 5.74) is 6.96. The Morgan fingerprint density at radius 1 is 1.30 bits per heavy atom. The molecule has 4 nitrogen and oxygen atoms in total. The number of rotatable bonds is 3. The van der Waals surface area contributed by atoms with Crippen molar-refractivity contribution in [3.05, 3.63) is 35.9 Å². The van der Waals surface area contributed by atoms with Crippen molar-refractivity contribution in [2.24, 2.45) is 17.1 Å². The van der Waals surface area contributed by atoms with Gasteiger partial charge in [-0.3, -0.25) is 4.79 Å². The smallest absolute Gasteiger partial charge is 0.227 e. The van der Waals surface area contributed by atoms with Crippen molar-refractivity contribution >= 4 is 5.91 Å². The number of hydrogen-bond donors (Lipinski definition) is 2. The lowest BCUT2D eigenvalue weighted by molar-refractivity contribution is -0.126. The van der Waals surface area contributed by atoms with Gasteiger partial charge in [0.05, 0.1) is 25.2 Å². The SMILES string of the molecule is CC(C)(C)C(NC(=O)C1COCC1N)c1ccccc1.